The summed E-state index contributed by atoms with van der Waals surface area (Å²) in [7, 11) is 0. The highest BCUT2D eigenvalue weighted by atomic mass is 19.4. The van der Waals surface area contributed by atoms with Crippen LogP contribution in [0.1, 0.15) is 72.9 Å². The summed E-state index contributed by atoms with van der Waals surface area (Å²) in [6.45, 7) is 6.35. The van der Waals surface area contributed by atoms with E-state index in [1.165, 1.54) is 11.1 Å². The Kier molecular flexibility index (Phi) is 8.55. The quantitative estimate of drug-likeness (QED) is 0.350. The van der Waals surface area contributed by atoms with Crippen molar-refractivity contribution in [1.29, 1.82) is 0 Å². The van der Waals surface area contributed by atoms with Gasteiger partial charge in [0.05, 0.1) is 11.1 Å². The molecule has 1 N–H and O–H groups in total. The van der Waals surface area contributed by atoms with Gasteiger partial charge in [-0.15, -0.1) is 0 Å². The van der Waals surface area contributed by atoms with Crippen LogP contribution in [0.3, 0.4) is 0 Å². The van der Waals surface area contributed by atoms with E-state index in [1.807, 2.05) is 0 Å². The van der Waals surface area contributed by atoms with Crippen LogP contribution in [0.5, 0.6) is 0 Å². The highest BCUT2D eigenvalue weighted by Crippen LogP contribution is 2.36. The number of anilines is 1. The zero-order valence-corrected chi connectivity index (χ0v) is 19.7. The van der Waals surface area contributed by atoms with Crippen molar-refractivity contribution >= 4 is 5.69 Å². The molecule has 0 bridgehead atoms. The van der Waals surface area contributed by atoms with Crippen LogP contribution in [-0.2, 0) is 38.3 Å². The van der Waals surface area contributed by atoms with Gasteiger partial charge < -0.3 is 10.2 Å². The van der Waals surface area contributed by atoms with E-state index in [0.29, 0.717) is 6.54 Å². The SMILES string of the molecule is CCCCN(CCC)c1cc2c(cc1CNCc1cc(C(F)(F)F)cc(C(F)(F)F)c1)CCC2. The molecule has 3 rings (SSSR count). The third-order valence-electron chi connectivity index (χ3n) is 6.20. The molecule has 0 unspecified atom stereocenters. The van der Waals surface area contributed by atoms with E-state index in [1.54, 1.807) is 0 Å². The maximum absolute atomic E-state index is 13.2. The Morgan fingerprint density at radius 1 is 0.765 bits per heavy atom. The molecule has 0 saturated heterocycles. The van der Waals surface area contributed by atoms with Gasteiger partial charge in [-0.05, 0) is 78.6 Å². The van der Waals surface area contributed by atoms with E-state index >= 15 is 0 Å². The fraction of sp³-hybridized carbons (Fsp3) is 0.538. The van der Waals surface area contributed by atoms with Gasteiger partial charge >= 0.3 is 12.4 Å². The molecule has 0 atom stereocenters. The number of benzene rings is 2. The lowest BCUT2D eigenvalue weighted by Crippen LogP contribution is -2.27. The number of alkyl halides is 6. The lowest BCUT2D eigenvalue weighted by molar-refractivity contribution is -0.143. The van der Waals surface area contributed by atoms with Crippen LogP contribution in [0.15, 0.2) is 30.3 Å². The number of rotatable bonds is 10. The van der Waals surface area contributed by atoms with E-state index in [-0.39, 0.29) is 18.2 Å². The highest BCUT2D eigenvalue weighted by Gasteiger charge is 2.36. The monoisotopic (exact) mass is 486 g/mol. The largest absolute Gasteiger partial charge is 0.416 e. The number of hydrogen-bond donors (Lipinski definition) is 1. The summed E-state index contributed by atoms with van der Waals surface area (Å²) >= 11 is 0. The van der Waals surface area contributed by atoms with Gasteiger partial charge in [0.25, 0.3) is 0 Å². The zero-order valence-electron chi connectivity index (χ0n) is 19.7. The molecule has 0 aliphatic heterocycles. The van der Waals surface area contributed by atoms with Gasteiger partial charge in [0.2, 0.25) is 0 Å². The smallest absolute Gasteiger partial charge is 0.371 e. The standard InChI is InChI=1S/C26H32F6N2/c1-3-5-10-34(9-4-2)24-14-20-8-6-7-19(20)13-21(24)17-33-16-18-11-22(25(27,28)29)15-23(12-18)26(30,31)32/h11-15,33H,3-10,16-17H2,1-2H3. The number of aryl methyl sites for hydroxylation is 2. The molecule has 2 aromatic carbocycles. The molecule has 0 fully saturated rings. The Labute approximate surface area is 197 Å². The lowest BCUT2D eigenvalue weighted by Gasteiger charge is -2.28. The second-order valence-corrected chi connectivity index (χ2v) is 8.96. The van der Waals surface area contributed by atoms with Crippen molar-refractivity contribution in [1.82, 2.24) is 5.32 Å². The van der Waals surface area contributed by atoms with Crippen LogP contribution in [0.4, 0.5) is 32.0 Å². The molecule has 34 heavy (non-hydrogen) atoms. The minimum atomic E-state index is -4.84. The molecule has 0 radical (unpaired) electrons. The fourth-order valence-corrected chi connectivity index (χ4v) is 4.53. The van der Waals surface area contributed by atoms with Crippen molar-refractivity contribution in [2.75, 3.05) is 18.0 Å². The molecular weight excluding hydrogens is 454 g/mol. The fourth-order valence-electron chi connectivity index (χ4n) is 4.53. The van der Waals surface area contributed by atoms with Crippen molar-refractivity contribution < 1.29 is 26.3 Å². The van der Waals surface area contributed by atoms with Crippen LogP contribution in [0, 0.1) is 0 Å². The Bertz CT molecular complexity index is 933. The molecule has 188 valence electrons. The molecule has 1 aliphatic rings. The topological polar surface area (TPSA) is 15.3 Å². The summed E-state index contributed by atoms with van der Waals surface area (Å²) in [5.41, 5.74) is 2.16. The lowest BCUT2D eigenvalue weighted by atomic mass is 10.0. The number of hydrogen-bond acceptors (Lipinski definition) is 2. The maximum Gasteiger partial charge on any atom is 0.416 e. The van der Waals surface area contributed by atoms with Crippen LogP contribution >= 0.6 is 0 Å². The van der Waals surface area contributed by atoms with Gasteiger partial charge in [0, 0.05) is 31.9 Å². The molecule has 0 spiro atoms. The Morgan fingerprint density at radius 2 is 1.38 bits per heavy atom. The number of fused-ring (bicyclic) bond motifs is 1. The Morgan fingerprint density at radius 3 is 1.94 bits per heavy atom. The van der Waals surface area contributed by atoms with Crippen molar-refractivity contribution in [3.05, 3.63) is 63.7 Å². The maximum atomic E-state index is 13.2. The van der Waals surface area contributed by atoms with Gasteiger partial charge in [0.15, 0.2) is 0 Å². The summed E-state index contributed by atoms with van der Waals surface area (Å²) in [6.07, 6.45) is -3.46. The van der Waals surface area contributed by atoms with Crippen molar-refractivity contribution in [3.8, 4) is 0 Å². The summed E-state index contributed by atoms with van der Waals surface area (Å²) in [5.74, 6) is 0. The first-order valence-electron chi connectivity index (χ1n) is 11.9. The van der Waals surface area contributed by atoms with Gasteiger partial charge in [0.1, 0.15) is 0 Å². The second kappa shape index (κ2) is 11.0. The number of halogens is 6. The molecule has 2 nitrogen and oxygen atoms in total. The Balaban J connectivity index is 1.84. The van der Waals surface area contributed by atoms with Crippen molar-refractivity contribution in [2.45, 2.75) is 77.8 Å². The van der Waals surface area contributed by atoms with Gasteiger partial charge in [-0.2, -0.15) is 26.3 Å². The summed E-state index contributed by atoms with van der Waals surface area (Å²) < 4.78 is 79.0. The van der Waals surface area contributed by atoms with Crippen molar-refractivity contribution in [3.63, 3.8) is 0 Å². The zero-order chi connectivity index (χ0) is 24.9. The van der Waals surface area contributed by atoms with Crippen LogP contribution in [-0.4, -0.2) is 13.1 Å². The minimum absolute atomic E-state index is 0.0405. The average Bonchev–Trinajstić information content (AvgIpc) is 3.22. The molecular formula is C26H32F6N2. The second-order valence-electron chi connectivity index (χ2n) is 8.96. The third-order valence-corrected chi connectivity index (χ3v) is 6.20. The molecule has 0 saturated carbocycles. The van der Waals surface area contributed by atoms with Gasteiger partial charge in [-0.25, -0.2) is 0 Å². The number of nitrogens with one attached hydrogen (secondary N) is 1. The van der Waals surface area contributed by atoms with Crippen LogP contribution in [0.25, 0.3) is 0 Å². The normalized spacial score (nSPS) is 13.9. The molecule has 8 heteroatoms. The van der Waals surface area contributed by atoms with E-state index in [2.05, 4.69) is 36.2 Å². The average molecular weight is 487 g/mol. The van der Waals surface area contributed by atoms with Crippen LogP contribution in [0.2, 0.25) is 0 Å². The summed E-state index contributed by atoms with van der Waals surface area (Å²) in [6, 6.07) is 6.13. The van der Waals surface area contributed by atoms with Crippen LogP contribution < -0.4 is 10.2 Å². The summed E-state index contributed by atoms with van der Waals surface area (Å²) in [5, 5.41) is 3.10. The first-order chi connectivity index (χ1) is 16.0. The highest BCUT2D eigenvalue weighted by molar-refractivity contribution is 5.59. The molecule has 0 heterocycles. The molecule has 1 aliphatic carbocycles. The predicted octanol–water partition coefficient (Wildman–Crippen LogP) is 7.52. The predicted molar refractivity (Wildman–Crippen MR) is 123 cm³/mol. The number of unbranched alkanes of at least 4 members (excludes halogenated alkanes) is 1. The molecule has 2 aromatic rings. The third kappa shape index (κ3) is 6.68. The van der Waals surface area contributed by atoms with E-state index in [0.717, 1.165) is 75.0 Å². The first kappa shape index (κ1) is 26.4. The minimum Gasteiger partial charge on any atom is -0.371 e. The Hall–Kier alpha value is -2.22. The number of nitrogens with zero attached hydrogens (tertiary/aromatic N) is 1. The summed E-state index contributed by atoms with van der Waals surface area (Å²) in [4.78, 5) is 2.35. The van der Waals surface area contributed by atoms with E-state index in [9.17, 15) is 26.3 Å². The van der Waals surface area contributed by atoms with Gasteiger partial charge in [-0.3, -0.25) is 0 Å². The van der Waals surface area contributed by atoms with Crippen molar-refractivity contribution in [2.24, 2.45) is 0 Å². The van der Waals surface area contributed by atoms with E-state index in [4.69, 9.17) is 0 Å². The van der Waals surface area contributed by atoms with Gasteiger partial charge in [-0.1, -0.05) is 26.3 Å². The molecule has 0 aromatic heterocycles. The first-order valence-corrected chi connectivity index (χ1v) is 11.9. The van der Waals surface area contributed by atoms with E-state index < -0.39 is 23.5 Å². The molecule has 0 amide bonds.